The van der Waals surface area contributed by atoms with E-state index in [1.54, 1.807) is 0 Å². The molecule has 4 saturated carbocycles. The molecule has 0 aromatic heterocycles. The molecular formula is C24H36O5. The molecule has 0 N–H and O–H groups in total. The Morgan fingerprint density at radius 1 is 0.897 bits per heavy atom. The topological polar surface area (TPSA) is 69.7 Å². The van der Waals surface area contributed by atoms with Crippen molar-refractivity contribution in [2.75, 3.05) is 0 Å². The molecule has 8 atom stereocenters. The number of Topliss-reactive ketones (excluding diaryl/α,β-unsaturated/α-hetero) is 1. The van der Waals surface area contributed by atoms with Gasteiger partial charge in [0.15, 0.2) is 0 Å². The van der Waals surface area contributed by atoms with Crippen molar-refractivity contribution in [2.24, 2.45) is 34.0 Å². The van der Waals surface area contributed by atoms with E-state index in [9.17, 15) is 14.4 Å². The van der Waals surface area contributed by atoms with Crippen LogP contribution < -0.4 is 0 Å². The molecule has 5 nitrogen and oxygen atoms in total. The number of ether oxygens (including phenoxy) is 2. The van der Waals surface area contributed by atoms with Crippen LogP contribution in [0.25, 0.3) is 0 Å². The summed E-state index contributed by atoms with van der Waals surface area (Å²) < 4.78 is 11.2. The third-order valence-corrected chi connectivity index (χ3v) is 9.73. The van der Waals surface area contributed by atoms with Crippen LogP contribution in [-0.2, 0) is 23.9 Å². The highest BCUT2D eigenvalue weighted by Gasteiger charge is 2.68. The van der Waals surface area contributed by atoms with Gasteiger partial charge in [-0.25, -0.2) is 0 Å². The Bertz CT molecular complexity index is 731. The first-order valence-electron chi connectivity index (χ1n) is 11.4. The zero-order valence-corrected chi connectivity index (χ0v) is 18.6. The van der Waals surface area contributed by atoms with Crippen LogP contribution in [0.4, 0.5) is 0 Å². The summed E-state index contributed by atoms with van der Waals surface area (Å²) in [6.07, 6.45) is 6.91. The Kier molecular flexibility index (Phi) is 4.90. The van der Waals surface area contributed by atoms with Gasteiger partial charge in [-0.1, -0.05) is 20.8 Å². The molecule has 5 heteroatoms. The zero-order chi connectivity index (χ0) is 21.2. The molecule has 0 spiro atoms. The quantitative estimate of drug-likeness (QED) is 0.636. The van der Waals surface area contributed by atoms with Crippen LogP contribution >= 0.6 is 0 Å². The van der Waals surface area contributed by atoms with Crippen molar-refractivity contribution in [1.29, 1.82) is 0 Å². The first kappa shape index (κ1) is 20.9. The SMILES string of the molecule is CC(=O)O[C@@H]1CC[C@@]2(C)[C@@H]3CC[C@@]4(C)[C@@H](OC(C)=O)CC[C@@H]4[C@@H]3C[C@]2(C)C(=O)C1. The first-order valence-corrected chi connectivity index (χ1v) is 11.4. The summed E-state index contributed by atoms with van der Waals surface area (Å²) in [5.41, 5.74) is -0.376. The Hall–Kier alpha value is -1.39. The predicted molar refractivity (Wildman–Crippen MR) is 108 cm³/mol. The molecule has 4 aliphatic carbocycles. The highest BCUT2D eigenvalue weighted by atomic mass is 16.5. The van der Waals surface area contributed by atoms with Gasteiger partial charge in [-0.05, 0) is 68.1 Å². The maximum atomic E-state index is 13.5. The summed E-state index contributed by atoms with van der Waals surface area (Å²) in [5, 5.41) is 0. The number of carbonyl (C=O) groups excluding carboxylic acids is 3. The van der Waals surface area contributed by atoms with Gasteiger partial charge in [0.2, 0.25) is 0 Å². The van der Waals surface area contributed by atoms with Crippen LogP contribution in [0, 0.1) is 34.0 Å². The number of rotatable bonds is 2. The summed E-state index contributed by atoms with van der Waals surface area (Å²) in [6, 6.07) is 0. The van der Waals surface area contributed by atoms with Crippen molar-refractivity contribution in [3.05, 3.63) is 0 Å². The smallest absolute Gasteiger partial charge is 0.302 e. The monoisotopic (exact) mass is 404 g/mol. The van der Waals surface area contributed by atoms with Gasteiger partial charge in [-0.15, -0.1) is 0 Å². The van der Waals surface area contributed by atoms with Crippen LogP contribution in [0.2, 0.25) is 0 Å². The van der Waals surface area contributed by atoms with Gasteiger partial charge >= 0.3 is 11.9 Å². The van der Waals surface area contributed by atoms with Gasteiger partial charge in [-0.2, -0.15) is 0 Å². The molecule has 0 radical (unpaired) electrons. The fourth-order valence-electron chi connectivity index (χ4n) is 8.05. The van der Waals surface area contributed by atoms with Gasteiger partial charge in [0.1, 0.15) is 18.0 Å². The minimum absolute atomic E-state index is 0.0148. The van der Waals surface area contributed by atoms with E-state index < -0.39 is 0 Å². The van der Waals surface area contributed by atoms with Gasteiger partial charge in [-0.3, -0.25) is 14.4 Å². The molecule has 0 saturated heterocycles. The standard InChI is InChI=1S/C24H36O5/c1-14(25)28-16-8-11-23(4)19-9-10-22(3)18(6-7-21(22)29-15(2)26)17(19)13-24(23,5)20(27)12-16/h16-19,21H,6-13H2,1-5H3/t16-,17+,18-,19-,21+,22-,23+,24-/m1/s1. The van der Waals surface area contributed by atoms with Crippen molar-refractivity contribution in [3.8, 4) is 0 Å². The van der Waals surface area contributed by atoms with Crippen LogP contribution in [0.3, 0.4) is 0 Å². The molecule has 0 aromatic carbocycles. The van der Waals surface area contributed by atoms with Crippen molar-refractivity contribution in [3.63, 3.8) is 0 Å². The average molecular weight is 405 g/mol. The van der Waals surface area contributed by atoms with Crippen LogP contribution in [0.5, 0.6) is 0 Å². The zero-order valence-electron chi connectivity index (χ0n) is 18.6. The minimum atomic E-state index is -0.359. The minimum Gasteiger partial charge on any atom is -0.462 e. The Balaban J connectivity index is 1.62. The number of ketones is 1. The van der Waals surface area contributed by atoms with E-state index in [0.29, 0.717) is 24.2 Å². The Morgan fingerprint density at radius 2 is 1.59 bits per heavy atom. The molecule has 29 heavy (non-hydrogen) atoms. The molecule has 162 valence electrons. The number of hydrogen-bond donors (Lipinski definition) is 0. The lowest BCUT2D eigenvalue weighted by Gasteiger charge is -2.50. The number of carbonyl (C=O) groups is 3. The van der Waals surface area contributed by atoms with E-state index in [0.717, 1.165) is 44.9 Å². The van der Waals surface area contributed by atoms with Crippen LogP contribution in [0.1, 0.15) is 86.0 Å². The Morgan fingerprint density at radius 3 is 2.24 bits per heavy atom. The highest BCUT2D eigenvalue weighted by Crippen LogP contribution is 2.71. The predicted octanol–water partition coefficient (Wildman–Crippen LogP) is 4.46. The number of fused-ring (bicyclic) bond motifs is 5. The molecule has 0 amide bonds. The van der Waals surface area contributed by atoms with Gasteiger partial charge in [0.25, 0.3) is 0 Å². The summed E-state index contributed by atoms with van der Waals surface area (Å²) >= 11 is 0. The molecular weight excluding hydrogens is 368 g/mol. The lowest BCUT2D eigenvalue weighted by Crippen LogP contribution is -2.46. The Labute approximate surface area is 174 Å². The number of esters is 2. The molecule has 0 heterocycles. The van der Waals surface area contributed by atoms with E-state index >= 15 is 0 Å². The van der Waals surface area contributed by atoms with E-state index in [4.69, 9.17) is 9.47 Å². The lowest BCUT2D eigenvalue weighted by molar-refractivity contribution is -0.155. The van der Waals surface area contributed by atoms with E-state index in [2.05, 4.69) is 20.8 Å². The largest absolute Gasteiger partial charge is 0.462 e. The van der Waals surface area contributed by atoms with E-state index in [1.165, 1.54) is 13.8 Å². The summed E-state index contributed by atoms with van der Waals surface area (Å²) in [5.74, 6) is 1.35. The first-order chi connectivity index (χ1) is 13.5. The van der Waals surface area contributed by atoms with Crippen molar-refractivity contribution >= 4 is 17.7 Å². The average Bonchev–Trinajstić information content (AvgIpc) is 3.02. The second-order valence-electron chi connectivity index (χ2n) is 10.9. The van der Waals surface area contributed by atoms with Crippen LogP contribution in [-0.4, -0.2) is 29.9 Å². The van der Waals surface area contributed by atoms with Gasteiger partial charge in [0.05, 0.1) is 0 Å². The molecule has 0 aliphatic heterocycles. The normalized spacial score (nSPS) is 48.9. The molecule has 0 unspecified atom stereocenters. The lowest BCUT2D eigenvalue weighted by atomic mass is 9.55. The summed E-state index contributed by atoms with van der Waals surface area (Å²) in [4.78, 5) is 36.6. The summed E-state index contributed by atoms with van der Waals surface area (Å²) in [6.45, 7) is 9.76. The van der Waals surface area contributed by atoms with E-state index in [-0.39, 0.29) is 46.2 Å². The molecule has 4 rings (SSSR count). The molecule has 0 bridgehead atoms. The summed E-state index contributed by atoms with van der Waals surface area (Å²) in [7, 11) is 0. The highest BCUT2D eigenvalue weighted by molar-refractivity contribution is 5.87. The maximum absolute atomic E-state index is 13.5. The van der Waals surface area contributed by atoms with Crippen molar-refractivity contribution in [1.82, 2.24) is 0 Å². The molecule has 4 fully saturated rings. The van der Waals surface area contributed by atoms with E-state index in [1.807, 2.05) is 0 Å². The second-order valence-corrected chi connectivity index (χ2v) is 10.9. The van der Waals surface area contributed by atoms with Gasteiger partial charge in [0, 0.05) is 31.1 Å². The number of hydrogen-bond acceptors (Lipinski definition) is 5. The fraction of sp³-hybridized carbons (Fsp3) is 0.875. The van der Waals surface area contributed by atoms with Crippen molar-refractivity contribution < 1.29 is 23.9 Å². The van der Waals surface area contributed by atoms with Crippen LogP contribution in [0.15, 0.2) is 0 Å². The van der Waals surface area contributed by atoms with Crippen molar-refractivity contribution in [2.45, 2.75) is 98.2 Å². The van der Waals surface area contributed by atoms with Gasteiger partial charge < -0.3 is 9.47 Å². The fourth-order valence-corrected chi connectivity index (χ4v) is 8.05. The maximum Gasteiger partial charge on any atom is 0.302 e. The third kappa shape index (κ3) is 2.97. The second kappa shape index (κ2) is 6.81. The molecule has 4 aliphatic rings. The third-order valence-electron chi connectivity index (χ3n) is 9.73. The molecule has 0 aromatic rings.